The predicted octanol–water partition coefficient (Wildman–Crippen LogP) is 5.00. The zero-order valence-electron chi connectivity index (χ0n) is 9.47. The molecular formula is C11H11Cl3O3. The second-order valence-corrected chi connectivity index (χ2v) is 5.62. The number of ether oxygens (including phenoxy) is 1. The lowest BCUT2D eigenvalue weighted by molar-refractivity contribution is 0.144. The van der Waals surface area contributed by atoms with E-state index in [9.17, 15) is 4.79 Å². The van der Waals surface area contributed by atoms with E-state index in [0.717, 1.165) is 0 Å². The second-order valence-electron chi connectivity index (χ2n) is 4.48. The summed E-state index contributed by atoms with van der Waals surface area (Å²) in [5.41, 5.74) is 0.367. The molecule has 0 unspecified atom stereocenters. The van der Waals surface area contributed by atoms with Gasteiger partial charge in [-0.3, -0.25) is 0 Å². The number of halogens is 3. The monoisotopic (exact) mass is 296 g/mol. The first-order valence-electron chi connectivity index (χ1n) is 4.73. The first kappa shape index (κ1) is 14.4. The molecule has 0 saturated carbocycles. The summed E-state index contributed by atoms with van der Waals surface area (Å²) in [6.07, 6.45) is -1.45. The second kappa shape index (κ2) is 4.92. The van der Waals surface area contributed by atoms with E-state index < -0.39 is 6.16 Å². The maximum Gasteiger partial charge on any atom is 0.511 e. The molecule has 0 radical (unpaired) electrons. The van der Waals surface area contributed by atoms with Crippen molar-refractivity contribution in [3.8, 4) is 5.75 Å². The number of carboxylic acid groups (broad SMARTS) is 1. The summed E-state index contributed by atoms with van der Waals surface area (Å²) in [6.45, 7) is 5.76. The van der Waals surface area contributed by atoms with Crippen LogP contribution in [-0.4, -0.2) is 11.3 Å². The maximum absolute atomic E-state index is 10.5. The third-order valence-corrected chi connectivity index (χ3v) is 3.46. The average Bonchev–Trinajstić information content (AvgIpc) is 2.16. The molecule has 17 heavy (non-hydrogen) atoms. The minimum atomic E-state index is -1.45. The molecule has 0 bridgehead atoms. The lowest BCUT2D eigenvalue weighted by atomic mass is 9.87. The molecule has 0 fully saturated rings. The van der Waals surface area contributed by atoms with E-state index in [1.807, 2.05) is 20.8 Å². The van der Waals surface area contributed by atoms with Gasteiger partial charge in [-0.15, -0.1) is 0 Å². The zero-order chi connectivity index (χ0) is 13.4. The van der Waals surface area contributed by atoms with Crippen LogP contribution in [0, 0.1) is 0 Å². The Morgan fingerprint density at radius 1 is 1.18 bits per heavy atom. The molecule has 0 amide bonds. The summed E-state index contributed by atoms with van der Waals surface area (Å²) in [5, 5.41) is 8.98. The molecule has 1 rings (SSSR count). The summed E-state index contributed by atoms with van der Waals surface area (Å²) >= 11 is 17.9. The molecule has 94 valence electrons. The van der Waals surface area contributed by atoms with Gasteiger partial charge in [-0.1, -0.05) is 55.6 Å². The van der Waals surface area contributed by atoms with Crippen LogP contribution in [0.5, 0.6) is 5.75 Å². The minimum absolute atomic E-state index is 0.00735. The molecule has 0 heterocycles. The Labute approximate surface area is 114 Å². The van der Waals surface area contributed by atoms with Crippen molar-refractivity contribution >= 4 is 41.0 Å². The van der Waals surface area contributed by atoms with Gasteiger partial charge < -0.3 is 9.84 Å². The quantitative estimate of drug-likeness (QED) is 0.451. The largest absolute Gasteiger partial charge is 0.511 e. The van der Waals surface area contributed by atoms with Crippen LogP contribution < -0.4 is 4.74 Å². The molecule has 0 aliphatic carbocycles. The number of benzene rings is 1. The fourth-order valence-electron chi connectivity index (χ4n) is 1.29. The smallest absolute Gasteiger partial charge is 0.449 e. The fraction of sp³-hybridized carbons (Fsp3) is 0.364. The lowest BCUT2D eigenvalue weighted by Gasteiger charge is -2.22. The third kappa shape index (κ3) is 3.18. The normalized spacial score (nSPS) is 11.4. The molecule has 0 aliphatic heterocycles. The van der Waals surface area contributed by atoms with Crippen LogP contribution in [0.4, 0.5) is 4.79 Å². The van der Waals surface area contributed by atoms with Crippen molar-refractivity contribution in [1.29, 1.82) is 0 Å². The van der Waals surface area contributed by atoms with Crippen molar-refractivity contribution in [2.45, 2.75) is 26.2 Å². The Kier molecular flexibility index (Phi) is 4.18. The van der Waals surface area contributed by atoms with Crippen molar-refractivity contribution in [1.82, 2.24) is 0 Å². The highest BCUT2D eigenvalue weighted by molar-refractivity contribution is 6.49. The summed E-state index contributed by atoms with van der Waals surface area (Å²) in [6, 6.07) is 1.49. The lowest BCUT2D eigenvalue weighted by Crippen LogP contribution is -2.13. The molecule has 0 aromatic heterocycles. The summed E-state index contributed by atoms with van der Waals surface area (Å²) < 4.78 is 4.56. The van der Waals surface area contributed by atoms with Gasteiger partial charge in [-0.25, -0.2) is 4.79 Å². The summed E-state index contributed by atoms with van der Waals surface area (Å²) in [7, 11) is 0. The van der Waals surface area contributed by atoms with Crippen LogP contribution in [0.1, 0.15) is 26.3 Å². The van der Waals surface area contributed by atoms with Gasteiger partial charge in [0.25, 0.3) is 0 Å². The van der Waals surface area contributed by atoms with Crippen molar-refractivity contribution in [3.63, 3.8) is 0 Å². The minimum Gasteiger partial charge on any atom is -0.449 e. The van der Waals surface area contributed by atoms with E-state index in [1.54, 1.807) is 0 Å². The molecule has 6 heteroatoms. The molecule has 1 N–H and O–H groups in total. The average molecular weight is 298 g/mol. The van der Waals surface area contributed by atoms with Gasteiger partial charge >= 0.3 is 6.16 Å². The predicted molar refractivity (Wildman–Crippen MR) is 68.8 cm³/mol. The van der Waals surface area contributed by atoms with Crippen molar-refractivity contribution in [2.24, 2.45) is 0 Å². The van der Waals surface area contributed by atoms with Crippen molar-refractivity contribution in [2.75, 3.05) is 0 Å². The fourth-order valence-corrected chi connectivity index (χ4v) is 2.16. The molecule has 0 atom stereocenters. The summed E-state index contributed by atoms with van der Waals surface area (Å²) in [5.74, 6) is -0.0153. The SMILES string of the molecule is CC(C)(C)c1cc(OC(=O)O)c(Cl)c(Cl)c1Cl. The zero-order valence-corrected chi connectivity index (χ0v) is 11.7. The number of rotatable bonds is 1. The first-order valence-corrected chi connectivity index (χ1v) is 5.86. The molecule has 1 aromatic rings. The van der Waals surface area contributed by atoms with Gasteiger partial charge in [-0.05, 0) is 17.0 Å². The maximum atomic E-state index is 10.5. The van der Waals surface area contributed by atoms with E-state index in [2.05, 4.69) is 4.74 Å². The Morgan fingerprint density at radius 2 is 1.71 bits per heavy atom. The van der Waals surface area contributed by atoms with Gasteiger partial charge in [0.15, 0.2) is 5.75 Å². The van der Waals surface area contributed by atoms with Crippen LogP contribution in [0.3, 0.4) is 0 Å². The number of hydrogen-bond acceptors (Lipinski definition) is 2. The highest BCUT2D eigenvalue weighted by Gasteiger charge is 2.24. The molecular weight excluding hydrogens is 286 g/mol. The van der Waals surface area contributed by atoms with Crippen LogP contribution in [0.2, 0.25) is 15.1 Å². The van der Waals surface area contributed by atoms with E-state index in [4.69, 9.17) is 39.9 Å². The molecule has 1 aromatic carbocycles. The van der Waals surface area contributed by atoms with Crippen LogP contribution in [-0.2, 0) is 5.41 Å². The highest BCUT2D eigenvalue weighted by Crippen LogP contribution is 2.43. The topological polar surface area (TPSA) is 46.5 Å². The molecule has 0 spiro atoms. The first-order chi connectivity index (χ1) is 7.64. The number of hydrogen-bond donors (Lipinski definition) is 1. The van der Waals surface area contributed by atoms with Crippen LogP contribution >= 0.6 is 34.8 Å². The Morgan fingerprint density at radius 3 is 2.12 bits per heavy atom. The van der Waals surface area contributed by atoms with Crippen LogP contribution in [0.25, 0.3) is 0 Å². The van der Waals surface area contributed by atoms with Crippen molar-refractivity contribution < 1.29 is 14.6 Å². The van der Waals surface area contributed by atoms with E-state index >= 15 is 0 Å². The third-order valence-electron chi connectivity index (χ3n) is 2.12. The Balaban J connectivity index is 3.44. The molecule has 3 nitrogen and oxygen atoms in total. The van der Waals surface area contributed by atoms with Crippen LogP contribution in [0.15, 0.2) is 6.07 Å². The molecule has 0 aliphatic rings. The number of carbonyl (C=O) groups is 1. The van der Waals surface area contributed by atoms with Gasteiger partial charge in [0.1, 0.15) is 5.02 Å². The van der Waals surface area contributed by atoms with Gasteiger partial charge in [0.05, 0.1) is 10.0 Å². The van der Waals surface area contributed by atoms with Gasteiger partial charge in [0, 0.05) is 0 Å². The van der Waals surface area contributed by atoms with Gasteiger partial charge in [0.2, 0.25) is 0 Å². The van der Waals surface area contributed by atoms with Crippen molar-refractivity contribution in [3.05, 3.63) is 26.7 Å². The van der Waals surface area contributed by atoms with Gasteiger partial charge in [-0.2, -0.15) is 0 Å². The van der Waals surface area contributed by atoms with E-state index in [1.165, 1.54) is 6.07 Å². The van der Waals surface area contributed by atoms with E-state index in [-0.39, 0.29) is 21.2 Å². The summed E-state index contributed by atoms with van der Waals surface area (Å²) in [4.78, 5) is 10.5. The Bertz CT molecular complexity index is 464. The highest BCUT2D eigenvalue weighted by atomic mass is 35.5. The standard InChI is InChI=1S/C11H11Cl3O3/c1-11(2,3)5-4-6(17-10(15)16)8(13)9(14)7(5)12/h4H,1-3H3,(H,15,16). The van der Waals surface area contributed by atoms with E-state index in [0.29, 0.717) is 10.6 Å². The Hall–Kier alpha value is -0.640. The molecule has 0 saturated heterocycles.